The second kappa shape index (κ2) is 8.40. The molecule has 0 fully saturated rings. The molecule has 0 aliphatic heterocycles. The van der Waals surface area contributed by atoms with E-state index in [1.54, 1.807) is 0 Å². The number of nitrogens with two attached hydrogens (primary N) is 1. The first-order chi connectivity index (χ1) is 8.01. The molecule has 0 heterocycles. The van der Waals surface area contributed by atoms with E-state index in [0.29, 0.717) is 12.6 Å². The van der Waals surface area contributed by atoms with Crippen molar-refractivity contribution in [2.45, 2.75) is 37.8 Å². The summed E-state index contributed by atoms with van der Waals surface area (Å²) in [7, 11) is 0. The summed E-state index contributed by atoms with van der Waals surface area (Å²) in [5.41, 5.74) is 5.46. The van der Waals surface area contributed by atoms with E-state index in [0.717, 1.165) is 0 Å². The van der Waals surface area contributed by atoms with E-state index in [-0.39, 0.29) is 25.7 Å². The molecule has 0 aliphatic rings. The summed E-state index contributed by atoms with van der Waals surface area (Å²) < 4.78 is 0. The maximum atomic E-state index is 11.4. The molecule has 7 nitrogen and oxygen atoms in total. The highest BCUT2D eigenvalue weighted by Crippen LogP contribution is 1.97. The third-order valence-electron chi connectivity index (χ3n) is 2.09. The average molecular weight is 244 g/mol. The number of aliphatic carboxylic acids is 1. The summed E-state index contributed by atoms with van der Waals surface area (Å²) in [4.78, 5) is 42.4. The predicted molar refractivity (Wildman–Crippen MR) is 58.1 cm³/mol. The van der Waals surface area contributed by atoms with Gasteiger partial charge in [0.2, 0.25) is 5.91 Å². The molecule has 2 atom stereocenters. The van der Waals surface area contributed by atoms with Crippen LogP contribution >= 0.6 is 0 Å². The van der Waals surface area contributed by atoms with Gasteiger partial charge in [0, 0.05) is 12.8 Å². The summed E-state index contributed by atoms with van der Waals surface area (Å²) in [6.45, 7) is 0. The Hall–Kier alpha value is -1.76. The second-order valence-electron chi connectivity index (χ2n) is 3.53. The van der Waals surface area contributed by atoms with Crippen LogP contribution in [0.1, 0.15) is 25.7 Å². The maximum absolute atomic E-state index is 11.4. The minimum atomic E-state index is -1.05. The minimum Gasteiger partial charge on any atom is -0.481 e. The third-order valence-corrected chi connectivity index (χ3v) is 2.09. The molecule has 0 aliphatic carbocycles. The van der Waals surface area contributed by atoms with Gasteiger partial charge in [-0.05, 0) is 12.8 Å². The van der Waals surface area contributed by atoms with Crippen molar-refractivity contribution in [3.63, 3.8) is 0 Å². The highest BCUT2D eigenvalue weighted by Gasteiger charge is 2.17. The SMILES string of the molecule is N[C@H](CCC=O)C(=O)N[C@@H](C=O)CCC(=O)O. The quantitative estimate of drug-likeness (QED) is 0.439. The molecule has 0 rings (SSSR count). The van der Waals surface area contributed by atoms with E-state index in [2.05, 4.69) is 5.32 Å². The summed E-state index contributed by atoms with van der Waals surface area (Å²) in [6, 6.07) is -1.73. The van der Waals surface area contributed by atoms with Crippen LogP contribution < -0.4 is 11.1 Å². The zero-order chi connectivity index (χ0) is 13.3. The molecular weight excluding hydrogens is 228 g/mol. The molecule has 0 aromatic carbocycles. The number of aldehydes is 2. The van der Waals surface area contributed by atoms with Gasteiger partial charge in [0.15, 0.2) is 0 Å². The van der Waals surface area contributed by atoms with Gasteiger partial charge in [0.1, 0.15) is 12.6 Å². The lowest BCUT2D eigenvalue weighted by atomic mass is 10.1. The zero-order valence-corrected chi connectivity index (χ0v) is 9.30. The van der Waals surface area contributed by atoms with Gasteiger partial charge in [-0.2, -0.15) is 0 Å². The summed E-state index contributed by atoms with van der Waals surface area (Å²) in [6.07, 6.45) is 1.27. The van der Waals surface area contributed by atoms with E-state index in [4.69, 9.17) is 10.8 Å². The fraction of sp³-hybridized carbons (Fsp3) is 0.600. The summed E-state index contributed by atoms with van der Waals surface area (Å²) in [5.74, 6) is -1.61. The molecule has 1 amide bonds. The van der Waals surface area contributed by atoms with Crippen molar-refractivity contribution in [2.24, 2.45) is 5.73 Å². The van der Waals surface area contributed by atoms with Crippen molar-refractivity contribution < 1.29 is 24.3 Å². The molecule has 4 N–H and O–H groups in total. The fourth-order valence-corrected chi connectivity index (χ4v) is 1.12. The van der Waals surface area contributed by atoms with Gasteiger partial charge < -0.3 is 25.7 Å². The lowest BCUT2D eigenvalue weighted by Crippen LogP contribution is -2.46. The normalized spacial score (nSPS) is 13.5. The standard InChI is InChI=1S/C10H16N2O5/c11-8(2-1-5-13)10(17)12-7(6-14)3-4-9(15)16/h5-8H,1-4,11H2,(H,12,17)(H,15,16)/t7-,8-/m1/s1. The van der Waals surface area contributed by atoms with E-state index in [1.165, 1.54) is 0 Å². The van der Waals surface area contributed by atoms with Gasteiger partial charge in [-0.15, -0.1) is 0 Å². The Morgan fingerprint density at radius 1 is 1.29 bits per heavy atom. The first-order valence-electron chi connectivity index (χ1n) is 5.18. The Labute approximate surface area is 98.4 Å². The lowest BCUT2D eigenvalue weighted by molar-refractivity contribution is -0.137. The van der Waals surface area contributed by atoms with Gasteiger partial charge in [-0.1, -0.05) is 0 Å². The van der Waals surface area contributed by atoms with Gasteiger partial charge in [-0.25, -0.2) is 0 Å². The molecule has 0 saturated carbocycles. The molecule has 0 unspecified atom stereocenters. The van der Waals surface area contributed by atoms with Crippen LogP contribution in [-0.2, 0) is 19.2 Å². The number of hydrogen-bond donors (Lipinski definition) is 3. The Kier molecular flexibility index (Phi) is 7.53. The van der Waals surface area contributed by atoms with Crippen LogP contribution in [0.25, 0.3) is 0 Å². The molecule has 0 radical (unpaired) electrons. The van der Waals surface area contributed by atoms with Crippen molar-refractivity contribution in [1.29, 1.82) is 0 Å². The number of rotatable bonds is 9. The van der Waals surface area contributed by atoms with Crippen molar-refractivity contribution in [1.82, 2.24) is 5.32 Å². The van der Waals surface area contributed by atoms with Crippen molar-refractivity contribution in [2.75, 3.05) is 0 Å². The molecule has 0 aromatic rings. The number of carbonyl (C=O) groups excluding carboxylic acids is 3. The van der Waals surface area contributed by atoms with Gasteiger partial charge >= 0.3 is 5.97 Å². The lowest BCUT2D eigenvalue weighted by Gasteiger charge is -2.15. The minimum absolute atomic E-state index is 0.0188. The van der Waals surface area contributed by atoms with Crippen molar-refractivity contribution in [3.05, 3.63) is 0 Å². The van der Waals surface area contributed by atoms with E-state index in [1.807, 2.05) is 0 Å². The maximum Gasteiger partial charge on any atom is 0.303 e. The Balaban J connectivity index is 4.08. The molecule has 0 spiro atoms. The van der Waals surface area contributed by atoms with Crippen LogP contribution in [0.3, 0.4) is 0 Å². The monoisotopic (exact) mass is 244 g/mol. The number of hydrogen-bond acceptors (Lipinski definition) is 5. The predicted octanol–water partition coefficient (Wildman–Crippen LogP) is -1.16. The molecule has 7 heteroatoms. The molecule has 0 aromatic heterocycles. The largest absolute Gasteiger partial charge is 0.481 e. The number of carboxylic acid groups (broad SMARTS) is 1. The number of carbonyl (C=O) groups is 4. The van der Waals surface area contributed by atoms with E-state index >= 15 is 0 Å². The second-order valence-corrected chi connectivity index (χ2v) is 3.53. The molecule has 0 bridgehead atoms. The van der Waals surface area contributed by atoms with Crippen molar-refractivity contribution >= 4 is 24.4 Å². The Morgan fingerprint density at radius 2 is 1.94 bits per heavy atom. The van der Waals surface area contributed by atoms with Crippen LogP contribution in [0.15, 0.2) is 0 Å². The molecular formula is C10H16N2O5. The number of amides is 1. The third kappa shape index (κ3) is 7.18. The van der Waals surface area contributed by atoms with E-state index in [9.17, 15) is 19.2 Å². The van der Waals surface area contributed by atoms with E-state index < -0.39 is 24.0 Å². The first-order valence-corrected chi connectivity index (χ1v) is 5.18. The topological polar surface area (TPSA) is 127 Å². The Morgan fingerprint density at radius 3 is 2.41 bits per heavy atom. The molecule has 96 valence electrons. The van der Waals surface area contributed by atoms with Crippen LogP contribution in [0.5, 0.6) is 0 Å². The number of nitrogens with one attached hydrogen (secondary N) is 1. The fourth-order valence-electron chi connectivity index (χ4n) is 1.12. The summed E-state index contributed by atoms with van der Waals surface area (Å²) in [5, 5.41) is 10.7. The van der Waals surface area contributed by atoms with Crippen LogP contribution in [0, 0.1) is 0 Å². The highest BCUT2D eigenvalue weighted by molar-refractivity contribution is 5.84. The van der Waals surface area contributed by atoms with Crippen LogP contribution in [0.2, 0.25) is 0 Å². The molecule has 0 saturated heterocycles. The number of carboxylic acids is 1. The Bertz CT molecular complexity index is 292. The highest BCUT2D eigenvalue weighted by atomic mass is 16.4. The van der Waals surface area contributed by atoms with Crippen molar-refractivity contribution in [3.8, 4) is 0 Å². The van der Waals surface area contributed by atoms with Gasteiger partial charge in [0.05, 0.1) is 12.1 Å². The van der Waals surface area contributed by atoms with Crippen LogP contribution in [-0.4, -0.2) is 41.6 Å². The van der Waals surface area contributed by atoms with Gasteiger partial charge in [-0.3, -0.25) is 9.59 Å². The average Bonchev–Trinajstić information content (AvgIpc) is 2.30. The van der Waals surface area contributed by atoms with Gasteiger partial charge in [0.25, 0.3) is 0 Å². The van der Waals surface area contributed by atoms with Crippen LogP contribution in [0.4, 0.5) is 0 Å². The smallest absolute Gasteiger partial charge is 0.303 e. The summed E-state index contributed by atoms with van der Waals surface area (Å²) >= 11 is 0. The molecule has 17 heavy (non-hydrogen) atoms. The first kappa shape index (κ1) is 15.2. The zero-order valence-electron chi connectivity index (χ0n) is 9.30.